The predicted octanol–water partition coefficient (Wildman–Crippen LogP) is 5.16. The lowest BCUT2D eigenvalue weighted by Gasteiger charge is -2.33. The van der Waals surface area contributed by atoms with E-state index in [-0.39, 0.29) is 0 Å². The van der Waals surface area contributed by atoms with Crippen molar-refractivity contribution in [1.29, 1.82) is 0 Å². The number of carbonyl (C=O) groups excluding carboxylic acids is 2. The van der Waals surface area contributed by atoms with Crippen LogP contribution in [0.1, 0.15) is 22.6 Å². The number of methoxy groups -OCH3 is 1. The molecule has 2 atom stereocenters. The molecule has 0 aromatic heterocycles. The highest BCUT2D eigenvalue weighted by Gasteiger charge is 2.60. The van der Waals surface area contributed by atoms with Gasteiger partial charge in [-0.25, -0.2) is 4.90 Å². The fourth-order valence-corrected chi connectivity index (χ4v) is 5.62. The monoisotopic (exact) mass is 462 g/mol. The number of hydrogen-bond acceptors (Lipinski definition) is 6. The van der Waals surface area contributed by atoms with Gasteiger partial charge in [-0.05, 0) is 59.6 Å². The van der Waals surface area contributed by atoms with Crippen molar-refractivity contribution >= 4 is 28.6 Å². The van der Waals surface area contributed by atoms with E-state index in [1.807, 2.05) is 19.1 Å². The van der Waals surface area contributed by atoms with Crippen molar-refractivity contribution in [2.24, 2.45) is 0 Å². The van der Waals surface area contributed by atoms with Gasteiger partial charge >= 0.3 is 0 Å². The highest BCUT2D eigenvalue weighted by Crippen LogP contribution is 2.55. The quantitative estimate of drug-likeness (QED) is 0.356. The molecule has 1 fully saturated rings. The van der Waals surface area contributed by atoms with Crippen LogP contribution in [0, 0.1) is 17.0 Å². The van der Waals surface area contributed by atoms with Crippen molar-refractivity contribution in [3.05, 3.63) is 106 Å². The molecule has 33 heavy (non-hydrogen) atoms. The van der Waals surface area contributed by atoms with Gasteiger partial charge in [0.15, 0.2) is 0 Å². The van der Waals surface area contributed by atoms with Gasteiger partial charge in [-0.3, -0.25) is 19.7 Å². The zero-order valence-electron chi connectivity index (χ0n) is 18.1. The number of imide groups is 1. The highest BCUT2D eigenvalue weighted by molar-refractivity contribution is 8.16. The summed E-state index contributed by atoms with van der Waals surface area (Å²) in [4.78, 5) is 39.9. The van der Waals surface area contributed by atoms with Crippen LogP contribution in [0.15, 0.2) is 78.9 Å². The lowest BCUT2D eigenvalue weighted by atomic mass is 9.78. The maximum Gasteiger partial charge on any atom is 0.294 e. The molecule has 3 aromatic rings. The SMILES string of the molecule is COc1ccc(N2C(=O)S[C@](c3ccccc3)([C@H](C[N+](=O)[O-])c3ccccc3C)C2=O)cc1. The Bertz CT molecular complexity index is 1200. The van der Waals surface area contributed by atoms with Crippen molar-refractivity contribution < 1.29 is 19.2 Å². The second-order valence-corrected chi connectivity index (χ2v) is 8.93. The number of benzene rings is 3. The van der Waals surface area contributed by atoms with E-state index in [4.69, 9.17) is 4.74 Å². The third-order valence-corrected chi connectivity index (χ3v) is 7.25. The van der Waals surface area contributed by atoms with E-state index in [1.165, 1.54) is 7.11 Å². The Morgan fingerprint density at radius 1 is 1.00 bits per heavy atom. The molecule has 0 aliphatic carbocycles. The summed E-state index contributed by atoms with van der Waals surface area (Å²) in [6, 6.07) is 22.7. The maximum absolute atomic E-state index is 14.1. The number of aryl methyl sites for hydroxylation is 1. The Balaban J connectivity index is 1.92. The first-order valence-corrected chi connectivity index (χ1v) is 11.1. The Labute approximate surface area is 195 Å². The minimum absolute atomic E-state index is 0.390. The minimum Gasteiger partial charge on any atom is -0.497 e. The molecule has 168 valence electrons. The zero-order chi connectivity index (χ0) is 23.6. The van der Waals surface area contributed by atoms with E-state index in [9.17, 15) is 19.7 Å². The Morgan fingerprint density at radius 2 is 1.64 bits per heavy atom. The fraction of sp³-hybridized carbons (Fsp3) is 0.200. The number of thioether (sulfide) groups is 1. The van der Waals surface area contributed by atoms with Crippen LogP contribution >= 0.6 is 11.8 Å². The van der Waals surface area contributed by atoms with Crippen molar-refractivity contribution in [3.8, 4) is 5.75 Å². The summed E-state index contributed by atoms with van der Waals surface area (Å²) in [5, 5.41) is 11.3. The van der Waals surface area contributed by atoms with E-state index < -0.39 is 33.3 Å². The lowest BCUT2D eigenvalue weighted by Crippen LogP contribution is -2.44. The Kier molecular flexibility index (Phi) is 6.20. The van der Waals surface area contributed by atoms with Crippen molar-refractivity contribution in [3.63, 3.8) is 0 Å². The first kappa shape index (κ1) is 22.5. The summed E-state index contributed by atoms with van der Waals surface area (Å²) < 4.78 is 3.69. The largest absolute Gasteiger partial charge is 0.497 e. The molecule has 3 aromatic carbocycles. The molecular weight excluding hydrogens is 440 g/mol. The Hall–Kier alpha value is -3.65. The summed E-state index contributed by atoms with van der Waals surface area (Å²) in [5.74, 6) is -0.768. The molecule has 0 bridgehead atoms. The summed E-state index contributed by atoms with van der Waals surface area (Å²) >= 11 is 0.843. The average molecular weight is 463 g/mol. The van der Waals surface area contributed by atoms with Crippen LogP contribution in [0.3, 0.4) is 0 Å². The van der Waals surface area contributed by atoms with Gasteiger partial charge in [0.1, 0.15) is 10.5 Å². The predicted molar refractivity (Wildman–Crippen MR) is 127 cm³/mol. The number of hydrogen-bond donors (Lipinski definition) is 0. The topological polar surface area (TPSA) is 89.8 Å². The third kappa shape index (κ3) is 3.98. The van der Waals surface area contributed by atoms with Crippen molar-refractivity contribution in [2.45, 2.75) is 17.6 Å². The number of nitrogens with zero attached hydrogens (tertiary/aromatic N) is 2. The molecule has 1 aliphatic heterocycles. The molecule has 1 aliphatic rings. The molecule has 8 heteroatoms. The van der Waals surface area contributed by atoms with Gasteiger partial charge in [0.05, 0.1) is 18.7 Å². The second kappa shape index (κ2) is 9.07. The van der Waals surface area contributed by atoms with Gasteiger partial charge in [-0.1, -0.05) is 54.6 Å². The molecule has 7 nitrogen and oxygen atoms in total. The number of rotatable bonds is 7. The van der Waals surface area contributed by atoms with Gasteiger partial charge in [-0.2, -0.15) is 0 Å². The molecule has 0 radical (unpaired) electrons. The molecule has 0 saturated carbocycles. The average Bonchev–Trinajstić information content (AvgIpc) is 3.09. The van der Waals surface area contributed by atoms with Gasteiger partial charge in [0.25, 0.3) is 11.1 Å². The number of ether oxygens (including phenoxy) is 1. The second-order valence-electron chi connectivity index (χ2n) is 7.73. The number of nitro groups is 1. The highest BCUT2D eigenvalue weighted by atomic mass is 32.2. The molecule has 0 unspecified atom stereocenters. The van der Waals surface area contributed by atoms with Gasteiger partial charge < -0.3 is 4.74 Å². The fourth-order valence-electron chi connectivity index (χ4n) is 4.29. The molecule has 0 spiro atoms. The molecule has 0 N–H and O–H groups in total. The van der Waals surface area contributed by atoms with Crippen LogP contribution in [0.4, 0.5) is 10.5 Å². The van der Waals surface area contributed by atoms with E-state index in [1.54, 1.807) is 66.7 Å². The van der Waals surface area contributed by atoms with Crippen LogP contribution in [0.2, 0.25) is 0 Å². The number of anilines is 1. The summed E-state index contributed by atoms with van der Waals surface area (Å²) in [6.45, 7) is 1.36. The molecule has 2 amide bonds. The smallest absolute Gasteiger partial charge is 0.294 e. The van der Waals surface area contributed by atoms with Crippen LogP contribution in [0.25, 0.3) is 0 Å². The normalized spacial score (nSPS) is 18.9. The van der Waals surface area contributed by atoms with Crippen LogP contribution < -0.4 is 9.64 Å². The molecular formula is C25H22N2O5S. The minimum atomic E-state index is -1.49. The van der Waals surface area contributed by atoms with E-state index >= 15 is 0 Å². The van der Waals surface area contributed by atoms with E-state index in [0.717, 1.165) is 22.2 Å². The third-order valence-electron chi connectivity index (χ3n) is 5.87. The van der Waals surface area contributed by atoms with Gasteiger partial charge in [-0.15, -0.1) is 0 Å². The van der Waals surface area contributed by atoms with Crippen LogP contribution in [-0.2, 0) is 9.54 Å². The summed E-state index contributed by atoms with van der Waals surface area (Å²) in [5.41, 5.74) is 2.44. The summed E-state index contributed by atoms with van der Waals surface area (Å²) in [6.07, 6.45) is 0. The number of carbonyl (C=O) groups is 2. The van der Waals surface area contributed by atoms with E-state index in [0.29, 0.717) is 22.6 Å². The lowest BCUT2D eigenvalue weighted by molar-refractivity contribution is -0.484. The summed E-state index contributed by atoms with van der Waals surface area (Å²) in [7, 11) is 1.53. The van der Waals surface area contributed by atoms with Crippen molar-refractivity contribution in [2.75, 3.05) is 18.6 Å². The van der Waals surface area contributed by atoms with Crippen LogP contribution in [0.5, 0.6) is 5.75 Å². The number of amides is 2. The van der Waals surface area contributed by atoms with Gasteiger partial charge in [0.2, 0.25) is 6.54 Å². The molecule has 1 heterocycles. The van der Waals surface area contributed by atoms with Crippen molar-refractivity contribution in [1.82, 2.24) is 0 Å². The molecule has 1 saturated heterocycles. The van der Waals surface area contributed by atoms with E-state index in [2.05, 4.69) is 0 Å². The van der Waals surface area contributed by atoms with Crippen LogP contribution in [-0.4, -0.2) is 29.7 Å². The zero-order valence-corrected chi connectivity index (χ0v) is 19.0. The Morgan fingerprint density at radius 3 is 2.24 bits per heavy atom. The standard InChI is InChI=1S/C25H22N2O5S/c1-17-8-6-7-11-21(17)22(16-26(30)31)25(18-9-4-3-5-10-18)23(28)27(24(29)33-25)19-12-14-20(32-2)15-13-19/h3-15,22H,16H2,1-2H3/t22-,25-/m1/s1. The van der Waals surface area contributed by atoms with Gasteiger partial charge in [0, 0.05) is 4.92 Å². The maximum atomic E-state index is 14.1. The first-order valence-electron chi connectivity index (χ1n) is 10.3. The first-order chi connectivity index (χ1) is 15.9. The molecule has 4 rings (SSSR count).